The van der Waals surface area contributed by atoms with Crippen molar-refractivity contribution in [1.82, 2.24) is 9.66 Å². The molecule has 0 amide bonds. The van der Waals surface area contributed by atoms with Crippen LogP contribution in [-0.2, 0) is 13.0 Å². The summed E-state index contributed by atoms with van der Waals surface area (Å²) in [6, 6.07) is 11.7. The lowest BCUT2D eigenvalue weighted by Crippen LogP contribution is -2.16. The van der Waals surface area contributed by atoms with Gasteiger partial charge in [0.1, 0.15) is 17.4 Å². The number of fused-ring (bicyclic) bond motifs is 1. The maximum absolute atomic E-state index is 5.80. The highest BCUT2D eigenvalue weighted by atomic mass is 16.3. The Morgan fingerprint density at radius 2 is 2.29 bits per heavy atom. The van der Waals surface area contributed by atoms with Crippen molar-refractivity contribution in [3.05, 3.63) is 72.6 Å². The van der Waals surface area contributed by atoms with Gasteiger partial charge in [-0.1, -0.05) is 24.8 Å². The van der Waals surface area contributed by atoms with Crippen molar-refractivity contribution >= 4 is 11.5 Å². The van der Waals surface area contributed by atoms with E-state index in [2.05, 4.69) is 22.0 Å². The van der Waals surface area contributed by atoms with Crippen molar-refractivity contribution in [2.75, 3.05) is 5.43 Å². The molecule has 0 saturated heterocycles. The fourth-order valence-electron chi connectivity index (χ4n) is 2.71. The van der Waals surface area contributed by atoms with E-state index in [1.807, 2.05) is 47.3 Å². The minimum atomic E-state index is 0.512. The Morgan fingerprint density at radius 3 is 3.08 bits per heavy atom. The first-order valence-electron chi connectivity index (χ1n) is 7.65. The van der Waals surface area contributed by atoms with Gasteiger partial charge in [-0.15, -0.1) is 0 Å². The number of aromatic nitrogens is 2. The second kappa shape index (κ2) is 5.73. The van der Waals surface area contributed by atoms with Crippen LogP contribution in [0, 0.1) is 0 Å². The molecule has 0 radical (unpaired) electrons. The quantitative estimate of drug-likeness (QED) is 0.775. The minimum absolute atomic E-state index is 0.512. The van der Waals surface area contributed by atoms with Crippen LogP contribution in [0.3, 0.4) is 0 Å². The van der Waals surface area contributed by atoms with E-state index in [-0.39, 0.29) is 0 Å². The van der Waals surface area contributed by atoms with Crippen LogP contribution in [0.2, 0.25) is 0 Å². The number of hydrogen-bond donors (Lipinski definition) is 2. The largest absolute Gasteiger partial charge is 0.467 e. The number of imidazole rings is 1. The molecule has 1 aliphatic rings. The molecule has 0 aliphatic carbocycles. The summed E-state index contributed by atoms with van der Waals surface area (Å²) in [5, 5.41) is 0. The Labute approximate surface area is 139 Å². The Kier molecular flexibility index (Phi) is 3.42. The molecule has 0 atom stereocenters. The van der Waals surface area contributed by atoms with Crippen LogP contribution in [0.5, 0.6) is 0 Å². The van der Waals surface area contributed by atoms with Gasteiger partial charge in [0, 0.05) is 11.3 Å². The van der Waals surface area contributed by atoms with E-state index < -0.39 is 0 Å². The number of furan rings is 1. The topological polar surface area (TPSA) is 81.4 Å². The second-order valence-corrected chi connectivity index (χ2v) is 5.63. The van der Waals surface area contributed by atoms with E-state index in [0.29, 0.717) is 18.7 Å². The van der Waals surface area contributed by atoms with Gasteiger partial charge in [-0.2, -0.15) is 0 Å². The van der Waals surface area contributed by atoms with Gasteiger partial charge in [0.15, 0.2) is 0 Å². The van der Waals surface area contributed by atoms with Crippen molar-refractivity contribution < 1.29 is 4.42 Å². The van der Waals surface area contributed by atoms with Crippen molar-refractivity contribution in [1.29, 1.82) is 0 Å². The van der Waals surface area contributed by atoms with Gasteiger partial charge in [-0.05, 0) is 23.8 Å². The second-order valence-electron chi connectivity index (χ2n) is 5.63. The van der Waals surface area contributed by atoms with E-state index in [1.54, 1.807) is 6.26 Å². The molecule has 3 heterocycles. The Balaban J connectivity index is 1.59. The molecular formula is C18H17N5O. The fourth-order valence-corrected chi connectivity index (χ4v) is 2.71. The highest BCUT2D eigenvalue weighted by Crippen LogP contribution is 2.24. The number of benzene rings is 1. The zero-order valence-electron chi connectivity index (χ0n) is 13.1. The Bertz CT molecular complexity index is 921. The molecule has 3 aromatic rings. The van der Waals surface area contributed by atoms with Crippen LogP contribution in [0.1, 0.15) is 17.1 Å². The maximum atomic E-state index is 5.80. The number of nitrogens with zero attached hydrogens (tertiary/aromatic N) is 3. The van der Waals surface area contributed by atoms with Gasteiger partial charge < -0.3 is 10.2 Å². The maximum Gasteiger partial charge on any atom is 0.136 e. The van der Waals surface area contributed by atoms with Gasteiger partial charge in [0.2, 0.25) is 0 Å². The first-order valence-corrected chi connectivity index (χ1v) is 7.65. The lowest BCUT2D eigenvalue weighted by Gasteiger charge is -2.08. The number of aliphatic imine (C=N–C) groups is 1. The number of nitrogens with one attached hydrogen (secondary N) is 1. The summed E-state index contributed by atoms with van der Waals surface area (Å²) in [5.74, 6) is 2.64. The third kappa shape index (κ3) is 2.58. The molecule has 1 aliphatic heterocycles. The first-order chi connectivity index (χ1) is 11.7. The molecule has 0 fully saturated rings. The smallest absolute Gasteiger partial charge is 0.136 e. The van der Waals surface area contributed by atoms with Crippen molar-refractivity contribution in [2.45, 2.75) is 13.0 Å². The van der Waals surface area contributed by atoms with E-state index in [1.165, 1.54) is 0 Å². The van der Waals surface area contributed by atoms with E-state index >= 15 is 0 Å². The van der Waals surface area contributed by atoms with Gasteiger partial charge in [-0.3, -0.25) is 10.4 Å². The highest BCUT2D eigenvalue weighted by molar-refractivity contribution is 5.94. The standard InChI is InChI=1S/C18H17N5O/c1-12(19)13-4-2-5-14(8-13)16-11-21-18-9-17(22-23(16)18)20-10-15-6-3-7-24-15/h2-8,11H,1,9-10,19H2,(H,20,22). The molecule has 1 aromatic carbocycles. The van der Waals surface area contributed by atoms with Crippen LogP contribution < -0.4 is 11.2 Å². The van der Waals surface area contributed by atoms with Crippen LogP contribution >= 0.6 is 0 Å². The number of nitrogens with two attached hydrogens (primary N) is 1. The summed E-state index contributed by atoms with van der Waals surface area (Å²) >= 11 is 0. The SMILES string of the molecule is C=C(N)c1cccc(-c2cnc3n2NC(=NCc2ccco2)C3)c1. The predicted octanol–water partition coefficient (Wildman–Crippen LogP) is 2.77. The van der Waals surface area contributed by atoms with E-state index in [0.717, 1.165) is 34.2 Å². The van der Waals surface area contributed by atoms with Gasteiger partial charge in [0.05, 0.1) is 31.1 Å². The molecule has 6 heteroatoms. The number of amidine groups is 1. The molecule has 3 N–H and O–H groups in total. The molecule has 6 nitrogen and oxygen atoms in total. The third-order valence-electron chi connectivity index (χ3n) is 3.94. The summed E-state index contributed by atoms with van der Waals surface area (Å²) in [5.41, 5.74) is 12.5. The first kappa shape index (κ1) is 14.3. The van der Waals surface area contributed by atoms with E-state index in [4.69, 9.17) is 10.2 Å². The average Bonchev–Trinajstić information content (AvgIpc) is 3.29. The molecule has 0 saturated carbocycles. The normalized spacial score (nSPS) is 14.6. The van der Waals surface area contributed by atoms with Crippen LogP contribution in [0.25, 0.3) is 17.0 Å². The lowest BCUT2D eigenvalue weighted by atomic mass is 10.1. The van der Waals surface area contributed by atoms with Gasteiger partial charge in [0.25, 0.3) is 0 Å². The number of hydrogen-bond acceptors (Lipinski definition) is 4. The average molecular weight is 319 g/mol. The molecule has 0 bridgehead atoms. The Morgan fingerprint density at radius 1 is 1.38 bits per heavy atom. The minimum Gasteiger partial charge on any atom is -0.467 e. The van der Waals surface area contributed by atoms with Gasteiger partial charge >= 0.3 is 0 Å². The van der Waals surface area contributed by atoms with Crippen LogP contribution in [0.15, 0.2) is 64.8 Å². The number of rotatable bonds is 4. The molecule has 0 unspecified atom stereocenters. The summed E-state index contributed by atoms with van der Waals surface area (Å²) in [7, 11) is 0. The van der Waals surface area contributed by atoms with E-state index in [9.17, 15) is 0 Å². The molecular weight excluding hydrogens is 302 g/mol. The van der Waals surface area contributed by atoms with Crippen molar-refractivity contribution in [3.8, 4) is 11.3 Å². The van der Waals surface area contributed by atoms with Crippen molar-refractivity contribution in [3.63, 3.8) is 0 Å². The molecule has 0 spiro atoms. The Hall–Kier alpha value is -3.28. The molecule has 24 heavy (non-hydrogen) atoms. The zero-order valence-corrected chi connectivity index (χ0v) is 13.1. The summed E-state index contributed by atoms with van der Waals surface area (Å²) < 4.78 is 7.26. The molecule has 4 rings (SSSR count). The van der Waals surface area contributed by atoms with Crippen LogP contribution in [-0.4, -0.2) is 15.5 Å². The lowest BCUT2D eigenvalue weighted by molar-refractivity contribution is 0.512. The highest BCUT2D eigenvalue weighted by Gasteiger charge is 2.21. The monoisotopic (exact) mass is 319 g/mol. The predicted molar refractivity (Wildman–Crippen MR) is 93.8 cm³/mol. The summed E-state index contributed by atoms with van der Waals surface area (Å²) in [6.07, 6.45) is 4.17. The fraction of sp³-hybridized carbons (Fsp3) is 0.111. The van der Waals surface area contributed by atoms with Crippen LogP contribution in [0.4, 0.5) is 0 Å². The van der Waals surface area contributed by atoms with Gasteiger partial charge in [-0.25, -0.2) is 9.66 Å². The molecule has 2 aromatic heterocycles. The molecule has 120 valence electrons. The summed E-state index contributed by atoms with van der Waals surface area (Å²) in [4.78, 5) is 9.04. The summed E-state index contributed by atoms with van der Waals surface area (Å²) in [6.45, 7) is 4.30. The zero-order chi connectivity index (χ0) is 16.5. The van der Waals surface area contributed by atoms with Crippen molar-refractivity contribution in [2.24, 2.45) is 10.7 Å². The third-order valence-corrected chi connectivity index (χ3v) is 3.94.